The molecule has 0 spiro atoms. The van der Waals surface area contributed by atoms with E-state index in [9.17, 15) is 10.2 Å². The largest absolute Gasteiger partial charge is 0.508 e. The number of aliphatic hydroxyl groups is 1. The zero-order chi connectivity index (χ0) is 22.5. The van der Waals surface area contributed by atoms with E-state index in [1.807, 2.05) is 19.1 Å². The lowest BCUT2D eigenvalue weighted by molar-refractivity contribution is 0.0146. The van der Waals surface area contributed by atoms with Crippen molar-refractivity contribution in [2.24, 2.45) is 17.3 Å². The van der Waals surface area contributed by atoms with E-state index in [2.05, 4.69) is 81.4 Å². The Balaban J connectivity index is 2.73. The van der Waals surface area contributed by atoms with E-state index in [1.165, 1.54) is 11.1 Å². The molecule has 1 aromatic rings. The van der Waals surface area contributed by atoms with Crippen molar-refractivity contribution >= 4 is 0 Å². The number of hydrogen-bond acceptors (Lipinski definition) is 2. The van der Waals surface area contributed by atoms with Gasteiger partial charge in [-0.2, -0.15) is 0 Å². The van der Waals surface area contributed by atoms with Gasteiger partial charge in [0.25, 0.3) is 0 Å². The van der Waals surface area contributed by atoms with Crippen LogP contribution >= 0.6 is 0 Å². The van der Waals surface area contributed by atoms with Crippen molar-refractivity contribution in [3.05, 3.63) is 52.1 Å². The quantitative estimate of drug-likeness (QED) is 0.573. The summed E-state index contributed by atoms with van der Waals surface area (Å²) < 4.78 is 0. The molecule has 0 aromatic heterocycles. The Hall–Kier alpha value is -1.54. The zero-order valence-corrected chi connectivity index (χ0v) is 20.4. The highest BCUT2D eigenvalue weighted by atomic mass is 16.3. The molecule has 0 heterocycles. The number of hydrogen-bond donors (Lipinski definition) is 2. The van der Waals surface area contributed by atoms with Gasteiger partial charge < -0.3 is 10.2 Å². The van der Waals surface area contributed by atoms with Crippen LogP contribution in [0.5, 0.6) is 5.75 Å². The van der Waals surface area contributed by atoms with Crippen LogP contribution in [0.3, 0.4) is 0 Å². The minimum absolute atomic E-state index is 0.0365. The molecule has 2 heteroatoms. The average molecular weight is 399 g/mol. The van der Waals surface area contributed by atoms with E-state index < -0.39 is 5.60 Å². The monoisotopic (exact) mass is 398 g/mol. The normalized spacial score (nSPS) is 24.4. The minimum Gasteiger partial charge on any atom is -0.508 e. The second-order valence-electron chi connectivity index (χ2n) is 11.7. The van der Waals surface area contributed by atoms with E-state index in [1.54, 1.807) is 0 Å². The van der Waals surface area contributed by atoms with Crippen molar-refractivity contribution in [2.75, 3.05) is 0 Å². The third-order valence-corrected chi connectivity index (χ3v) is 6.40. The number of aromatic hydroxyl groups is 1. The fraction of sp³-hybridized carbons (Fsp3) is 0.630. The highest BCUT2D eigenvalue weighted by molar-refractivity contribution is 5.52. The molecule has 0 aliphatic heterocycles. The van der Waals surface area contributed by atoms with Crippen molar-refractivity contribution in [3.63, 3.8) is 0 Å². The Labute approximate surface area is 178 Å². The van der Waals surface area contributed by atoms with Crippen molar-refractivity contribution in [3.8, 4) is 5.75 Å². The lowest BCUT2D eigenvalue weighted by Gasteiger charge is -2.43. The van der Waals surface area contributed by atoms with Crippen LogP contribution in [0.2, 0.25) is 0 Å². The first kappa shape index (κ1) is 23.7. The minimum atomic E-state index is -0.853. The molecule has 162 valence electrons. The number of benzene rings is 1. The topological polar surface area (TPSA) is 40.5 Å². The zero-order valence-electron chi connectivity index (χ0n) is 20.4. The molecule has 1 aromatic carbocycles. The van der Waals surface area contributed by atoms with Crippen LogP contribution in [0.25, 0.3) is 0 Å². The first-order chi connectivity index (χ1) is 13.0. The van der Waals surface area contributed by atoms with Crippen LogP contribution in [-0.2, 0) is 5.41 Å². The van der Waals surface area contributed by atoms with Gasteiger partial charge in [-0.25, -0.2) is 0 Å². The molecule has 1 aliphatic rings. The molecule has 1 aliphatic carbocycles. The molecule has 2 nitrogen and oxygen atoms in total. The second kappa shape index (κ2) is 7.61. The number of aryl methyl sites for hydroxylation is 1. The van der Waals surface area contributed by atoms with E-state index in [0.29, 0.717) is 11.7 Å². The third-order valence-electron chi connectivity index (χ3n) is 6.40. The highest BCUT2D eigenvalue weighted by Crippen LogP contribution is 2.48. The van der Waals surface area contributed by atoms with Crippen molar-refractivity contribution in [2.45, 2.75) is 93.1 Å². The first-order valence-electron chi connectivity index (χ1n) is 10.9. The molecule has 0 amide bonds. The third kappa shape index (κ3) is 4.79. The van der Waals surface area contributed by atoms with Gasteiger partial charge in [-0.15, -0.1) is 0 Å². The van der Waals surface area contributed by atoms with Gasteiger partial charge in [-0.3, -0.25) is 0 Å². The van der Waals surface area contributed by atoms with Gasteiger partial charge in [-0.1, -0.05) is 67.5 Å². The maximum absolute atomic E-state index is 11.1. The van der Waals surface area contributed by atoms with Gasteiger partial charge in [0, 0.05) is 11.8 Å². The molecular formula is C27H42O2. The van der Waals surface area contributed by atoms with Crippen LogP contribution in [0.1, 0.15) is 91.8 Å². The maximum Gasteiger partial charge on any atom is 0.119 e. The smallest absolute Gasteiger partial charge is 0.119 e. The van der Waals surface area contributed by atoms with E-state index in [-0.39, 0.29) is 22.7 Å². The van der Waals surface area contributed by atoms with Crippen LogP contribution in [-0.4, -0.2) is 15.8 Å². The Morgan fingerprint density at radius 3 is 2.00 bits per heavy atom. The molecule has 3 atom stereocenters. The fourth-order valence-electron chi connectivity index (χ4n) is 5.10. The molecule has 0 bridgehead atoms. The maximum atomic E-state index is 11.1. The second-order valence-corrected chi connectivity index (χ2v) is 11.7. The molecule has 3 unspecified atom stereocenters. The molecule has 2 N–H and O–H groups in total. The summed E-state index contributed by atoms with van der Waals surface area (Å²) in [4.78, 5) is 0. The van der Waals surface area contributed by atoms with Crippen molar-refractivity contribution < 1.29 is 10.2 Å². The fourth-order valence-corrected chi connectivity index (χ4v) is 5.10. The lowest BCUT2D eigenvalue weighted by atomic mass is 9.64. The molecule has 0 saturated carbocycles. The first-order valence-corrected chi connectivity index (χ1v) is 10.9. The van der Waals surface area contributed by atoms with Crippen LogP contribution < -0.4 is 0 Å². The van der Waals surface area contributed by atoms with Crippen molar-refractivity contribution in [1.82, 2.24) is 0 Å². The standard InChI is InChI=1S/C27H42O2/c1-16(2)24(19-13-21(25(5,6)7)22(28)12-17(19)3)20-14-23(26(8,9)10)27(11,29)15-18(20)4/h12-16,23-24,28-29H,1-11H3. The van der Waals surface area contributed by atoms with Gasteiger partial charge in [0.2, 0.25) is 0 Å². The Kier molecular flexibility index (Phi) is 6.23. The van der Waals surface area contributed by atoms with E-state index in [4.69, 9.17) is 0 Å². The molecule has 2 rings (SSSR count). The number of rotatable bonds is 3. The highest BCUT2D eigenvalue weighted by Gasteiger charge is 2.41. The Morgan fingerprint density at radius 1 is 1.00 bits per heavy atom. The molecular weight excluding hydrogens is 356 g/mol. The number of phenolic OH excluding ortho intramolecular Hbond substituents is 1. The average Bonchev–Trinajstić information content (AvgIpc) is 2.47. The van der Waals surface area contributed by atoms with Crippen LogP contribution in [0, 0.1) is 24.2 Å². The summed E-state index contributed by atoms with van der Waals surface area (Å²) in [5.74, 6) is 1.02. The van der Waals surface area contributed by atoms with Gasteiger partial charge >= 0.3 is 0 Å². The number of allylic oxidation sites excluding steroid dienone is 2. The van der Waals surface area contributed by atoms with Gasteiger partial charge in [0.1, 0.15) is 5.75 Å². The molecule has 0 saturated heterocycles. The molecule has 0 fully saturated rings. The summed E-state index contributed by atoms with van der Waals surface area (Å²) in [6.45, 7) is 23.7. The van der Waals surface area contributed by atoms with E-state index >= 15 is 0 Å². The summed E-state index contributed by atoms with van der Waals surface area (Å²) in [6, 6.07) is 4.13. The van der Waals surface area contributed by atoms with Gasteiger partial charge in [0.15, 0.2) is 0 Å². The lowest BCUT2D eigenvalue weighted by Crippen LogP contribution is -2.42. The summed E-state index contributed by atoms with van der Waals surface area (Å²) in [5, 5.41) is 21.7. The van der Waals surface area contributed by atoms with Crippen LogP contribution in [0.4, 0.5) is 0 Å². The van der Waals surface area contributed by atoms with E-state index in [0.717, 1.165) is 16.7 Å². The SMILES string of the molecule is CC1=CC(C)(O)C(C(C)(C)C)C=C1C(c1cc(C(C)(C)C)c(O)cc1C)C(C)C. The summed E-state index contributed by atoms with van der Waals surface area (Å²) >= 11 is 0. The van der Waals surface area contributed by atoms with Gasteiger partial charge in [-0.05, 0) is 77.5 Å². The summed E-state index contributed by atoms with van der Waals surface area (Å²) in [7, 11) is 0. The van der Waals surface area contributed by atoms with Crippen molar-refractivity contribution in [1.29, 1.82) is 0 Å². The van der Waals surface area contributed by atoms with Crippen LogP contribution in [0.15, 0.2) is 35.4 Å². The Morgan fingerprint density at radius 2 is 1.55 bits per heavy atom. The Bertz CT molecular complexity index is 823. The summed E-state index contributed by atoms with van der Waals surface area (Å²) in [5.41, 5.74) is 4.81. The predicted octanol–water partition coefficient (Wildman–Crippen LogP) is 7.04. The molecule has 29 heavy (non-hydrogen) atoms. The molecule has 0 radical (unpaired) electrons. The summed E-state index contributed by atoms with van der Waals surface area (Å²) in [6.07, 6.45) is 4.37. The van der Waals surface area contributed by atoms with Gasteiger partial charge in [0.05, 0.1) is 5.60 Å². The number of phenols is 1. The predicted molar refractivity (Wildman–Crippen MR) is 125 cm³/mol.